The van der Waals surface area contributed by atoms with Crippen LogP contribution < -0.4 is 5.32 Å². The van der Waals surface area contributed by atoms with E-state index in [1.165, 1.54) is 28.7 Å². The maximum Gasteiger partial charge on any atom is 0.254 e. The molecule has 4 rings (SSSR count). The number of nitrogens with one attached hydrogen (secondary N) is 1. The van der Waals surface area contributed by atoms with Gasteiger partial charge in [-0.3, -0.25) is 9.59 Å². The van der Waals surface area contributed by atoms with Crippen LogP contribution in [0.1, 0.15) is 31.9 Å². The smallest absolute Gasteiger partial charge is 0.254 e. The number of benzene rings is 2. The third kappa shape index (κ3) is 4.19. The summed E-state index contributed by atoms with van der Waals surface area (Å²) in [5, 5.41) is 4.86. The lowest BCUT2D eigenvalue weighted by Gasteiger charge is -2.28. The van der Waals surface area contributed by atoms with E-state index in [2.05, 4.69) is 16.8 Å². The first-order valence-electron chi connectivity index (χ1n) is 9.70. The van der Waals surface area contributed by atoms with Gasteiger partial charge in [0.15, 0.2) is 0 Å². The van der Waals surface area contributed by atoms with Crippen molar-refractivity contribution in [3.63, 3.8) is 0 Å². The summed E-state index contributed by atoms with van der Waals surface area (Å²) in [6.07, 6.45) is 3.59. The second-order valence-corrected chi connectivity index (χ2v) is 8.17. The lowest BCUT2D eigenvalue weighted by molar-refractivity contribution is -0.111. The Morgan fingerprint density at radius 3 is 2.80 bits per heavy atom. The van der Waals surface area contributed by atoms with Crippen LogP contribution in [0.15, 0.2) is 60.0 Å². The maximum absolute atomic E-state index is 13.7. The van der Waals surface area contributed by atoms with E-state index >= 15 is 0 Å². The van der Waals surface area contributed by atoms with E-state index in [0.29, 0.717) is 35.5 Å². The van der Waals surface area contributed by atoms with Crippen LogP contribution in [-0.4, -0.2) is 23.3 Å². The predicted octanol–water partition coefficient (Wildman–Crippen LogP) is 5.05. The molecular formula is C24H21FN2O2S. The molecule has 0 aliphatic carbocycles. The van der Waals surface area contributed by atoms with Gasteiger partial charge >= 0.3 is 0 Å². The van der Waals surface area contributed by atoms with Crippen LogP contribution in [0.2, 0.25) is 0 Å². The predicted molar refractivity (Wildman–Crippen MR) is 118 cm³/mol. The number of thiophene rings is 1. The monoisotopic (exact) mass is 420 g/mol. The molecule has 152 valence electrons. The molecule has 0 fully saturated rings. The van der Waals surface area contributed by atoms with Gasteiger partial charge in [0.1, 0.15) is 5.82 Å². The highest BCUT2D eigenvalue weighted by Crippen LogP contribution is 2.27. The van der Waals surface area contributed by atoms with E-state index in [1.807, 2.05) is 11.8 Å². The molecule has 1 aliphatic heterocycles. The Kier molecular flexibility index (Phi) is 5.77. The van der Waals surface area contributed by atoms with Gasteiger partial charge in [-0.15, -0.1) is 11.3 Å². The molecule has 2 aromatic carbocycles. The minimum absolute atomic E-state index is 0.0395. The summed E-state index contributed by atoms with van der Waals surface area (Å²) in [7, 11) is 0. The second-order valence-electron chi connectivity index (χ2n) is 7.17. The van der Waals surface area contributed by atoms with Gasteiger partial charge in [0.25, 0.3) is 5.91 Å². The Bertz CT molecular complexity index is 1140. The fourth-order valence-electron chi connectivity index (χ4n) is 3.55. The van der Waals surface area contributed by atoms with Crippen molar-refractivity contribution in [2.45, 2.75) is 19.9 Å². The van der Waals surface area contributed by atoms with Crippen LogP contribution in [0.5, 0.6) is 0 Å². The van der Waals surface area contributed by atoms with Crippen molar-refractivity contribution in [3.05, 3.63) is 92.9 Å². The fourth-order valence-corrected chi connectivity index (χ4v) is 4.43. The highest BCUT2D eigenvalue weighted by Gasteiger charge is 2.24. The standard InChI is InChI=1S/C24H21FN2O2S/c1-16-19(24(29)27-13-11-22-18(15-27)12-14-30-22)6-4-8-21(16)26-23(28)10-9-17-5-2-3-7-20(17)25/h2-10,12,14H,11,13,15H2,1H3,(H,26,28)/b10-9+. The zero-order valence-corrected chi connectivity index (χ0v) is 17.3. The molecule has 1 aromatic heterocycles. The van der Waals surface area contributed by atoms with E-state index in [9.17, 15) is 14.0 Å². The van der Waals surface area contributed by atoms with Gasteiger partial charge in [0.2, 0.25) is 5.91 Å². The molecule has 0 spiro atoms. The Hall–Kier alpha value is -3.25. The summed E-state index contributed by atoms with van der Waals surface area (Å²) in [5.41, 5.74) is 3.40. The largest absolute Gasteiger partial charge is 0.334 e. The highest BCUT2D eigenvalue weighted by atomic mass is 32.1. The maximum atomic E-state index is 13.7. The first-order valence-corrected chi connectivity index (χ1v) is 10.6. The molecule has 1 N–H and O–H groups in total. The number of nitrogens with zero attached hydrogens (tertiary/aromatic N) is 1. The topological polar surface area (TPSA) is 49.4 Å². The summed E-state index contributed by atoms with van der Waals surface area (Å²) < 4.78 is 13.7. The van der Waals surface area contributed by atoms with Crippen LogP contribution in [0.25, 0.3) is 6.08 Å². The zero-order valence-electron chi connectivity index (χ0n) is 16.5. The number of halogens is 1. The fraction of sp³-hybridized carbons (Fsp3) is 0.167. The van der Waals surface area contributed by atoms with Gasteiger partial charge < -0.3 is 10.2 Å². The van der Waals surface area contributed by atoms with Crippen molar-refractivity contribution in [2.24, 2.45) is 0 Å². The lowest BCUT2D eigenvalue weighted by atomic mass is 10.0. The molecule has 3 aromatic rings. The van der Waals surface area contributed by atoms with E-state index in [1.54, 1.807) is 47.7 Å². The summed E-state index contributed by atoms with van der Waals surface area (Å²) >= 11 is 1.74. The third-order valence-corrected chi connectivity index (χ3v) is 6.26. The zero-order chi connectivity index (χ0) is 21.1. The van der Waals surface area contributed by atoms with E-state index < -0.39 is 0 Å². The first-order chi connectivity index (χ1) is 14.5. The van der Waals surface area contributed by atoms with Crippen molar-refractivity contribution < 1.29 is 14.0 Å². The van der Waals surface area contributed by atoms with Crippen molar-refractivity contribution in [1.82, 2.24) is 4.90 Å². The summed E-state index contributed by atoms with van der Waals surface area (Å²) in [5.74, 6) is -0.810. The number of carbonyl (C=O) groups is 2. The SMILES string of the molecule is Cc1c(NC(=O)/C=C/c2ccccc2F)cccc1C(=O)N1CCc2sccc2C1. The summed E-state index contributed by atoms with van der Waals surface area (Å²) in [6.45, 7) is 3.12. The van der Waals surface area contributed by atoms with Gasteiger partial charge in [-0.05, 0) is 60.2 Å². The Morgan fingerprint density at radius 1 is 1.13 bits per heavy atom. The van der Waals surface area contributed by atoms with Gasteiger partial charge in [0, 0.05) is 40.9 Å². The minimum Gasteiger partial charge on any atom is -0.334 e. The molecule has 2 amide bonds. The molecule has 0 radical (unpaired) electrons. The average Bonchev–Trinajstić information content (AvgIpc) is 3.22. The number of hydrogen-bond donors (Lipinski definition) is 1. The molecule has 4 nitrogen and oxygen atoms in total. The second kappa shape index (κ2) is 8.63. The number of amides is 2. The molecular weight excluding hydrogens is 399 g/mol. The molecule has 0 saturated heterocycles. The number of rotatable bonds is 4. The van der Waals surface area contributed by atoms with Crippen molar-refractivity contribution in [1.29, 1.82) is 0 Å². The van der Waals surface area contributed by atoms with Crippen molar-refractivity contribution >= 4 is 34.9 Å². The highest BCUT2D eigenvalue weighted by molar-refractivity contribution is 7.10. The third-order valence-electron chi connectivity index (χ3n) is 5.24. The van der Waals surface area contributed by atoms with Gasteiger partial charge in [-0.2, -0.15) is 0 Å². The van der Waals surface area contributed by atoms with Crippen molar-refractivity contribution in [3.8, 4) is 0 Å². The summed E-state index contributed by atoms with van der Waals surface area (Å²) in [6, 6.07) is 13.6. The van der Waals surface area contributed by atoms with E-state index in [-0.39, 0.29) is 17.6 Å². The number of carbonyl (C=O) groups excluding carboxylic acids is 2. The van der Waals surface area contributed by atoms with E-state index in [4.69, 9.17) is 0 Å². The quantitative estimate of drug-likeness (QED) is 0.601. The molecule has 0 unspecified atom stereocenters. The van der Waals surface area contributed by atoms with Crippen LogP contribution in [0.3, 0.4) is 0 Å². The molecule has 1 aliphatic rings. The molecule has 2 heterocycles. The average molecular weight is 421 g/mol. The van der Waals surface area contributed by atoms with Gasteiger partial charge in [-0.25, -0.2) is 4.39 Å². The summed E-state index contributed by atoms with van der Waals surface area (Å²) in [4.78, 5) is 28.6. The number of fused-ring (bicyclic) bond motifs is 1. The molecule has 0 saturated carbocycles. The Balaban J connectivity index is 1.48. The number of anilines is 1. The van der Waals surface area contributed by atoms with Gasteiger partial charge in [0.05, 0.1) is 0 Å². The Morgan fingerprint density at radius 2 is 1.97 bits per heavy atom. The normalized spacial score (nSPS) is 13.3. The van der Waals surface area contributed by atoms with Crippen LogP contribution in [0.4, 0.5) is 10.1 Å². The molecule has 6 heteroatoms. The van der Waals surface area contributed by atoms with Gasteiger partial charge in [-0.1, -0.05) is 24.3 Å². The van der Waals surface area contributed by atoms with Crippen molar-refractivity contribution in [2.75, 3.05) is 11.9 Å². The number of hydrogen-bond acceptors (Lipinski definition) is 3. The molecule has 0 atom stereocenters. The Labute approximate surface area is 178 Å². The van der Waals surface area contributed by atoms with Crippen LogP contribution in [-0.2, 0) is 17.8 Å². The molecule has 30 heavy (non-hydrogen) atoms. The van der Waals surface area contributed by atoms with Crippen LogP contribution in [0, 0.1) is 12.7 Å². The molecule has 0 bridgehead atoms. The lowest BCUT2D eigenvalue weighted by Crippen LogP contribution is -2.35. The van der Waals surface area contributed by atoms with E-state index in [0.717, 1.165) is 6.42 Å². The first kappa shape index (κ1) is 20.0. The minimum atomic E-state index is -0.388. The van der Waals surface area contributed by atoms with Crippen LogP contribution >= 0.6 is 11.3 Å².